The van der Waals surface area contributed by atoms with Gasteiger partial charge < -0.3 is 10.0 Å². The van der Waals surface area contributed by atoms with Gasteiger partial charge in [-0.05, 0) is 76.4 Å². The molecule has 3 heterocycles. The molecule has 2 aliphatic heterocycles. The van der Waals surface area contributed by atoms with Crippen LogP contribution in [0.15, 0.2) is 36.7 Å². The molecule has 170 valence electrons. The third-order valence-corrected chi connectivity index (χ3v) is 7.00. The number of likely N-dealkylation sites (tertiary alicyclic amines) is 1. The van der Waals surface area contributed by atoms with E-state index in [1.807, 2.05) is 12.1 Å². The SMILES string of the molecule is C[C@@H]1CN(c2ncc(C#N)cn2)C[C@H](C)N1CCC1CCN(Cc2ccc(O)cc2)CC1. The minimum atomic E-state index is 0.334. The van der Waals surface area contributed by atoms with Gasteiger partial charge in [0.15, 0.2) is 0 Å². The van der Waals surface area contributed by atoms with Crippen LogP contribution in [0.3, 0.4) is 0 Å². The summed E-state index contributed by atoms with van der Waals surface area (Å²) in [5, 5.41) is 18.4. The monoisotopic (exact) mass is 434 g/mol. The predicted molar refractivity (Wildman–Crippen MR) is 125 cm³/mol. The number of phenolic OH excluding ortho intramolecular Hbond substituents is 1. The van der Waals surface area contributed by atoms with Crippen molar-refractivity contribution in [2.75, 3.05) is 37.6 Å². The fourth-order valence-corrected chi connectivity index (χ4v) is 5.13. The molecule has 0 bridgehead atoms. The van der Waals surface area contributed by atoms with Gasteiger partial charge >= 0.3 is 0 Å². The van der Waals surface area contributed by atoms with Crippen LogP contribution in [0.25, 0.3) is 0 Å². The lowest BCUT2D eigenvalue weighted by Crippen LogP contribution is -2.57. The van der Waals surface area contributed by atoms with Gasteiger partial charge in [-0.15, -0.1) is 0 Å². The van der Waals surface area contributed by atoms with Crippen LogP contribution in [0.2, 0.25) is 0 Å². The Labute approximate surface area is 191 Å². The standard InChI is InChI=1S/C25H34N6O/c1-19-16-30(25-27-14-23(13-26)15-28-25)17-20(2)31(19)12-9-21-7-10-29(11-8-21)18-22-3-5-24(32)6-4-22/h3-6,14-15,19-21,32H,7-12,16-18H2,1-2H3/t19-,20+. The fraction of sp³-hybridized carbons (Fsp3) is 0.560. The van der Waals surface area contributed by atoms with Gasteiger partial charge in [-0.25, -0.2) is 9.97 Å². The first-order chi connectivity index (χ1) is 15.5. The second-order valence-electron chi connectivity index (χ2n) is 9.40. The van der Waals surface area contributed by atoms with E-state index < -0.39 is 0 Å². The zero-order valence-corrected chi connectivity index (χ0v) is 19.2. The Kier molecular flexibility index (Phi) is 7.23. The van der Waals surface area contributed by atoms with E-state index in [0.717, 1.165) is 51.1 Å². The summed E-state index contributed by atoms with van der Waals surface area (Å²) in [6.07, 6.45) is 7.00. The molecule has 32 heavy (non-hydrogen) atoms. The van der Waals surface area contributed by atoms with E-state index in [-0.39, 0.29) is 0 Å². The first-order valence-corrected chi connectivity index (χ1v) is 11.7. The van der Waals surface area contributed by atoms with Crippen molar-refractivity contribution in [1.29, 1.82) is 5.26 Å². The van der Waals surface area contributed by atoms with Crippen molar-refractivity contribution >= 4 is 5.95 Å². The molecule has 4 rings (SSSR count). The summed E-state index contributed by atoms with van der Waals surface area (Å²) in [5.74, 6) is 1.86. The number of hydrogen-bond acceptors (Lipinski definition) is 7. The zero-order valence-electron chi connectivity index (χ0n) is 19.2. The van der Waals surface area contributed by atoms with Crippen LogP contribution in [0.1, 0.15) is 44.2 Å². The highest BCUT2D eigenvalue weighted by Gasteiger charge is 2.31. The van der Waals surface area contributed by atoms with E-state index in [4.69, 9.17) is 5.26 Å². The summed E-state index contributed by atoms with van der Waals surface area (Å²) >= 11 is 0. The highest BCUT2D eigenvalue weighted by atomic mass is 16.3. The number of anilines is 1. The molecule has 2 fully saturated rings. The maximum absolute atomic E-state index is 9.46. The lowest BCUT2D eigenvalue weighted by atomic mass is 9.92. The number of aromatic hydroxyl groups is 1. The molecule has 0 aliphatic carbocycles. The van der Waals surface area contributed by atoms with Crippen molar-refractivity contribution in [3.05, 3.63) is 47.8 Å². The quantitative estimate of drug-likeness (QED) is 0.747. The second kappa shape index (κ2) is 10.3. The van der Waals surface area contributed by atoms with Gasteiger partial charge in [0, 0.05) is 31.7 Å². The van der Waals surface area contributed by atoms with Gasteiger partial charge in [0.25, 0.3) is 0 Å². The number of piperazine rings is 1. The molecule has 0 spiro atoms. The number of phenols is 1. The van der Waals surface area contributed by atoms with Crippen molar-refractivity contribution in [3.8, 4) is 11.8 Å². The number of nitriles is 1. The van der Waals surface area contributed by atoms with Crippen LogP contribution < -0.4 is 4.90 Å². The van der Waals surface area contributed by atoms with Crippen LogP contribution in [0.5, 0.6) is 5.75 Å². The summed E-state index contributed by atoms with van der Waals surface area (Å²) in [4.78, 5) is 16.2. The number of piperidine rings is 1. The summed E-state index contributed by atoms with van der Waals surface area (Å²) < 4.78 is 0. The number of benzene rings is 1. The average Bonchev–Trinajstić information content (AvgIpc) is 2.81. The minimum absolute atomic E-state index is 0.334. The molecule has 1 aromatic heterocycles. The average molecular weight is 435 g/mol. The van der Waals surface area contributed by atoms with Gasteiger partial charge in [-0.1, -0.05) is 12.1 Å². The molecule has 7 heteroatoms. The molecule has 7 nitrogen and oxygen atoms in total. The smallest absolute Gasteiger partial charge is 0.225 e. The number of nitrogens with zero attached hydrogens (tertiary/aromatic N) is 6. The third-order valence-electron chi connectivity index (χ3n) is 7.00. The summed E-state index contributed by atoms with van der Waals surface area (Å²) in [5.41, 5.74) is 1.77. The van der Waals surface area contributed by atoms with Crippen molar-refractivity contribution in [2.45, 2.75) is 51.7 Å². The van der Waals surface area contributed by atoms with Crippen molar-refractivity contribution in [3.63, 3.8) is 0 Å². The molecule has 0 saturated carbocycles. The Bertz CT molecular complexity index is 890. The van der Waals surface area contributed by atoms with Crippen LogP contribution >= 0.6 is 0 Å². The Morgan fingerprint density at radius 2 is 1.66 bits per heavy atom. The fourth-order valence-electron chi connectivity index (χ4n) is 5.13. The normalized spacial score (nSPS) is 23.2. The largest absolute Gasteiger partial charge is 0.508 e. The van der Waals surface area contributed by atoms with Crippen LogP contribution in [-0.2, 0) is 6.54 Å². The maximum Gasteiger partial charge on any atom is 0.225 e. The molecule has 1 N–H and O–H groups in total. The number of aromatic nitrogens is 2. The molecule has 1 aromatic carbocycles. The van der Waals surface area contributed by atoms with Crippen molar-refractivity contribution < 1.29 is 5.11 Å². The second-order valence-corrected chi connectivity index (χ2v) is 9.40. The predicted octanol–water partition coefficient (Wildman–Crippen LogP) is 3.26. The van der Waals surface area contributed by atoms with E-state index >= 15 is 0 Å². The lowest BCUT2D eigenvalue weighted by Gasteiger charge is -2.45. The summed E-state index contributed by atoms with van der Waals surface area (Å²) in [6, 6.07) is 10.6. The van der Waals surface area contributed by atoms with Crippen LogP contribution in [-0.4, -0.2) is 69.7 Å². The molecule has 2 saturated heterocycles. The molecular formula is C25H34N6O. The van der Waals surface area contributed by atoms with Gasteiger partial charge in [-0.2, -0.15) is 5.26 Å². The Balaban J connectivity index is 1.22. The zero-order chi connectivity index (χ0) is 22.5. The van der Waals surface area contributed by atoms with E-state index in [1.165, 1.54) is 24.8 Å². The molecule has 0 unspecified atom stereocenters. The number of rotatable bonds is 6. The van der Waals surface area contributed by atoms with Crippen LogP contribution in [0.4, 0.5) is 5.95 Å². The summed E-state index contributed by atoms with van der Waals surface area (Å²) in [6.45, 7) is 10.9. The topological polar surface area (TPSA) is 79.5 Å². The van der Waals surface area contributed by atoms with E-state index in [9.17, 15) is 5.11 Å². The van der Waals surface area contributed by atoms with Gasteiger partial charge in [0.1, 0.15) is 11.8 Å². The van der Waals surface area contributed by atoms with E-state index in [2.05, 4.69) is 44.6 Å². The van der Waals surface area contributed by atoms with Crippen LogP contribution in [0, 0.1) is 17.2 Å². The Morgan fingerprint density at radius 3 is 2.25 bits per heavy atom. The van der Waals surface area contributed by atoms with Crippen molar-refractivity contribution in [1.82, 2.24) is 19.8 Å². The number of hydrogen-bond donors (Lipinski definition) is 1. The highest BCUT2D eigenvalue weighted by molar-refractivity contribution is 5.34. The summed E-state index contributed by atoms with van der Waals surface area (Å²) in [7, 11) is 0. The highest BCUT2D eigenvalue weighted by Crippen LogP contribution is 2.25. The van der Waals surface area contributed by atoms with Gasteiger partial charge in [0.05, 0.1) is 18.0 Å². The molecule has 0 radical (unpaired) electrons. The minimum Gasteiger partial charge on any atom is -0.508 e. The molecular weight excluding hydrogens is 400 g/mol. The third kappa shape index (κ3) is 5.56. The van der Waals surface area contributed by atoms with E-state index in [1.54, 1.807) is 24.5 Å². The maximum atomic E-state index is 9.46. The first kappa shape index (κ1) is 22.5. The molecule has 2 aromatic rings. The van der Waals surface area contributed by atoms with Crippen molar-refractivity contribution in [2.24, 2.45) is 5.92 Å². The Hall–Kier alpha value is -2.69. The van der Waals surface area contributed by atoms with Gasteiger partial charge in [0.2, 0.25) is 5.95 Å². The molecule has 2 aliphatic rings. The first-order valence-electron chi connectivity index (χ1n) is 11.7. The van der Waals surface area contributed by atoms with E-state index in [0.29, 0.717) is 23.4 Å². The van der Waals surface area contributed by atoms with Gasteiger partial charge in [-0.3, -0.25) is 9.80 Å². The Morgan fingerprint density at radius 1 is 1.03 bits per heavy atom. The lowest BCUT2D eigenvalue weighted by molar-refractivity contribution is 0.107. The molecule has 2 atom stereocenters. The molecule has 0 amide bonds.